The van der Waals surface area contributed by atoms with Crippen LogP contribution in [0.4, 0.5) is 5.69 Å². The molecule has 0 bridgehead atoms. The van der Waals surface area contributed by atoms with Crippen LogP contribution in [0.1, 0.15) is 11.7 Å². The molecule has 0 fully saturated rings. The fourth-order valence-corrected chi connectivity index (χ4v) is 2.53. The molecule has 100 valence electrons. The van der Waals surface area contributed by atoms with E-state index in [4.69, 9.17) is 10.5 Å². The van der Waals surface area contributed by atoms with Crippen molar-refractivity contribution < 1.29 is 9.84 Å². The van der Waals surface area contributed by atoms with E-state index in [1.165, 1.54) is 0 Å². The van der Waals surface area contributed by atoms with Crippen LogP contribution >= 0.6 is 31.9 Å². The highest BCUT2D eigenvalue weighted by molar-refractivity contribution is 9.11. The average Bonchev–Trinajstić information content (AvgIpc) is 2.40. The molecule has 0 amide bonds. The first kappa shape index (κ1) is 14.4. The lowest BCUT2D eigenvalue weighted by Crippen LogP contribution is -2.11. The summed E-state index contributed by atoms with van der Waals surface area (Å²) in [5, 5.41) is 10.2. The van der Waals surface area contributed by atoms with E-state index in [1.54, 1.807) is 12.1 Å². The van der Waals surface area contributed by atoms with Gasteiger partial charge in [-0.05, 0) is 35.9 Å². The van der Waals surface area contributed by atoms with Crippen molar-refractivity contribution in [2.45, 2.75) is 6.10 Å². The number of ether oxygens (including phenoxy) is 1. The van der Waals surface area contributed by atoms with Crippen LogP contribution in [0.15, 0.2) is 51.4 Å². The normalized spacial score (nSPS) is 12.2. The number of para-hydroxylation sites is 2. The summed E-state index contributed by atoms with van der Waals surface area (Å²) < 4.78 is 7.28. The smallest absolute Gasteiger partial charge is 0.142 e. The second-order valence-electron chi connectivity index (χ2n) is 4.03. The molecule has 0 saturated carbocycles. The van der Waals surface area contributed by atoms with Gasteiger partial charge in [0.15, 0.2) is 0 Å². The van der Waals surface area contributed by atoms with Crippen molar-refractivity contribution in [1.29, 1.82) is 0 Å². The third-order valence-electron chi connectivity index (χ3n) is 2.63. The fraction of sp³-hybridized carbons (Fsp3) is 0.143. The SMILES string of the molecule is Nc1ccccc1OCC(O)c1cc(Br)ccc1Br. The van der Waals surface area contributed by atoms with Crippen molar-refractivity contribution in [1.82, 2.24) is 0 Å². The van der Waals surface area contributed by atoms with E-state index < -0.39 is 6.10 Å². The van der Waals surface area contributed by atoms with Crippen LogP contribution in [0, 0.1) is 0 Å². The molecule has 0 aromatic heterocycles. The van der Waals surface area contributed by atoms with E-state index in [0.29, 0.717) is 11.4 Å². The number of aliphatic hydroxyl groups excluding tert-OH is 1. The number of aliphatic hydroxyl groups is 1. The maximum atomic E-state index is 10.2. The standard InChI is InChI=1S/C14H13Br2NO2/c15-9-5-6-11(16)10(7-9)13(18)8-19-14-4-2-1-3-12(14)17/h1-7,13,18H,8,17H2. The number of nitrogens with two attached hydrogens (primary N) is 1. The second kappa shape index (κ2) is 6.41. The molecule has 1 atom stereocenters. The van der Waals surface area contributed by atoms with Crippen molar-refractivity contribution in [3.8, 4) is 5.75 Å². The topological polar surface area (TPSA) is 55.5 Å². The Morgan fingerprint density at radius 2 is 1.89 bits per heavy atom. The molecule has 0 spiro atoms. The minimum atomic E-state index is -0.730. The maximum absolute atomic E-state index is 10.2. The van der Waals surface area contributed by atoms with Gasteiger partial charge < -0.3 is 15.6 Å². The zero-order valence-electron chi connectivity index (χ0n) is 10.0. The number of rotatable bonds is 4. The van der Waals surface area contributed by atoms with Crippen LogP contribution in [-0.4, -0.2) is 11.7 Å². The van der Waals surface area contributed by atoms with E-state index in [1.807, 2.05) is 30.3 Å². The van der Waals surface area contributed by atoms with Gasteiger partial charge in [-0.2, -0.15) is 0 Å². The Balaban J connectivity index is 2.07. The van der Waals surface area contributed by atoms with E-state index in [-0.39, 0.29) is 6.61 Å². The minimum Gasteiger partial charge on any atom is -0.488 e. The third-order valence-corrected chi connectivity index (χ3v) is 3.85. The molecule has 3 N–H and O–H groups in total. The molecule has 0 aliphatic carbocycles. The lowest BCUT2D eigenvalue weighted by molar-refractivity contribution is 0.108. The van der Waals surface area contributed by atoms with E-state index in [2.05, 4.69) is 31.9 Å². The Morgan fingerprint density at radius 1 is 1.16 bits per heavy atom. The molecule has 1 unspecified atom stereocenters. The quantitative estimate of drug-likeness (QED) is 0.783. The summed E-state index contributed by atoms with van der Waals surface area (Å²) in [5.74, 6) is 0.577. The monoisotopic (exact) mass is 385 g/mol. The van der Waals surface area contributed by atoms with Crippen molar-refractivity contribution >= 4 is 37.5 Å². The Labute approximate surface area is 128 Å². The Bertz CT molecular complexity index is 575. The lowest BCUT2D eigenvalue weighted by atomic mass is 10.1. The van der Waals surface area contributed by atoms with Crippen molar-refractivity contribution in [2.24, 2.45) is 0 Å². The number of halogens is 2. The Hall–Kier alpha value is -1.04. The largest absolute Gasteiger partial charge is 0.488 e. The number of hydrogen-bond donors (Lipinski definition) is 2. The molecule has 0 radical (unpaired) electrons. The van der Waals surface area contributed by atoms with Crippen LogP contribution < -0.4 is 10.5 Å². The van der Waals surface area contributed by atoms with Crippen LogP contribution in [0.25, 0.3) is 0 Å². The molecule has 5 heteroatoms. The molecule has 19 heavy (non-hydrogen) atoms. The summed E-state index contributed by atoms with van der Waals surface area (Å²) in [6, 6.07) is 12.8. The van der Waals surface area contributed by atoms with Gasteiger partial charge in [0, 0.05) is 8.95 Å². The molecule has 0 heterocycles. The molecule has 0 aliphatic heterocycles. The molecule has 3 nitrogen and oxygen atoms in total. The summed E-state index contributed by atoms with van der Waals surface area (Å²) in [6.45, 7) is 0.142. The molecule has 2 rings (SSSR count). The van der Waals surface area contributed by atoms with Gasteiger partial charge in [-0.25, -0.2) is 0 Å². The molecule has 2 aromatic rings. The molecule has 0 aliphatic rings. The first-order valence-corrected chi connectivity index (χ1v) is 7.27. The van der Waals surface area contributed by atoms with E-state index in [0.717, 1.165) is 14.5 Å². The van der Waals surface area contributed by atoms with Crippen LogP contribution in [0.5, 0.6) is 5.75 Å². The minimum absolute atomic E-state index is 0.142. The molecule has 2 aromatic carbocycles. The van der Waals surface area contributed by atoms with Crippen LogP contribution in [-0.2, 0) is 0 Å². The second-order valence-corrected chi connectivity index (χ2v) is 5.80. The van der Waals surface area contributed by atoms with Gasteiger partial charge in [0.05, 0.1) is 5.69 Å². The molecular formula is C14H13Br2NO2. The fourth-order valence-electron chi connectivity index (χ4n) is 1.64. The van der Waals surface area contributed by atoms with Gasteiger partial charge in [-0.1, -0.05) is 44.0 Å². The summed E-state index contributed by atoms with van der Waals surface area (Å²) in [6.07, 6.45) is -0.730. The number of benzene rings is 2. The van der Waals surface area contributed by atoms with Crippen LogP contribution in [0.3, 0.4) is 0 Å². The highest BCUT2D eigenvalue weighted by Crippen LogP contribution is 2.28. The first-order chi connectivity index (χ1) is 9.08. The Morgan fingerprint density at radius 3 is 2.63 bits per heavy atom. The van der Waals surface area contributed by atoms with Gasteiger partial charge in [0.2, 0.25) is 0 Å². The van der Waals surface area contributed by atoms with Gasteiger partial charge in [0.25, 0.3) is 0 Å². The predicted molar refractivity (Wildman–Crippen MR) is 83.2 cm³/mol. The molecule has 0 saturated heterocycles. The zero-order chi connectivity index (χ0) is 13.8. The highest BCUT2D eigenvalue weighted by atomic mass is 79.9. The summed E-state index contributed by atoms with van der Waals surface area (Å²) in [5.41, 5.74) is 7.10. The van der Waals surface area contributed by atoms with Gasteiger partial charge >= 0.3 is 0 Å². The number of hydrogen-bond acceptors (Lipinski definition) is 3. The predicted octanol–water partition coefficient (Wildman–Crippen LogP) is 3.91. The molecular weight excluding hydrogens is 374 g/mol. The van der Waals surface area contributed by atoms with Crippen molar-refractivity contribution in [2.75, 3.05) is 12.3 Å². The lowest BCUT2D eigenvalue weighted by Gasteiger charge is -2.15. The number of anilines is 1. The summed E-state index contributed by atoms with van der Waals surface area (Å²) >= 11 is 6.79. The summed E-state index contributed by atoms with van der Waals surface area (Å²) in [7, 11) is 0. The van der Waals surface area contributed by atoms with Gasteiger partial charge in [0.1, 0.15) is 18.5 Å². The summed E-state index contributed by atoms with van der Waals surface area (Å²) in [4.78, 5) is 0. The highest BCUT2D eigenvalue weighted by Gasteiger charge is 2.13. The van der Waals surface area contributed by atoms with E-state index >= 15 is 0 Å². The van der Waals surface area contributed by atoms with Crippen LogP contribution in [0.2, 0.25) is 0 Å². The zero-order valence-corrected chi connectivity index (χ0v) is 13.2. The number of nitrogen functional groups attached to an aromatic ring is 1. The Kier molecular flexibility index (Phi) is 4.85. The third kappa shape index (κ3) is 3.72. The van der Waals surface area contributed by atoms with Crippen molar-refractivity contribution in [3.63, 3.8) is 0 Å². The first-order valence-electron chi connectivity index (χ1n) is 5.68. The van der Waals surface area contributed by atoms with Gasteiger partial charge in [-0.3, -0.25) is 0 Å². The van der Waals surface area contributed by atoms with Gasteiger partial charge in [-0.15, -0.1) is 0 Å². The maximum Gasteiger partial charge on any atom is 0.142 e. The average molecular weight is 387 g/mol. The van der Waals surface area contributed by atoms with Crippen molar-refractivity contribution in [3.05, 3.63) is 57.0 Å². The van der Waals surface area contributed by atoms with E-state index in [9.17, 15) is 5.11 Å².